The van der Waals surface area contributed by atoms with E-state index in [1.54, 1.807) is 0 Å². The maximum Gasteiger partial charge on any atom is 1.00 e. The SMILES string of the molecule is CCCCC(Nc1nc(NC(CCCC)C(=O)[O-])nc(NC(CCCC)C(=O)[O-])n1)C(=O)[O-].[Na+].[Na+].[Na+]. The van der Waals surface area contributed by atoms with Crippen LogP contribution in [0.15, 0.2) is 0 Å². The van der Waals surface area contributed by atoms with Crippen molar-refractivity contribution < 1.29 is 118 Å². The van der Waals surface area contributed by atoms with E-state index in [9.17, 15) is 29.7 Å². The Morgan fingerprint density at radius 1 is 0.583 bits per heavy atom. The second-order valence-corrected chi connectivity index (χ2v) is 7.78. The summed E-state index contributed by atoms with van der Waals surface area (Å²) in [6.45, 7) is 5.73. The zero-order valence-corrected chi connectivity index (χ0v) is 28.4. The van der Waals surface area contributed by atoms with Crippen LogP contribution in [0.2, 0.25) is 0 Å². The number of hydrogen-bond acceptors (Lipinski definition) is 12. The predicted octanol–water partition coefficient (Wildman–Crippen LogP) is -9.95. The van der Waals surface area contributed by atoms with Crippen LogP contribution in [0.1, 0.15) is 78.6 Å². The maximum atomic E-state index is 11.5. The van der Waals surface area contributed by atoms with E-state index in [-0.39, 0.29) is 126 Å². The largest absolute Gasteiger partial charge is 1.00 e. The van der Waals surface area contributed by atoms with Gasteiger partial charge in [-0.2, -0.15) is 15.0 Å². The molecule has 1 aromatic rings. The van der Waals surface area contributed by atoms with Crippen LogP contribution in [-0.4, -0.2) is 51.0 Å². The standard InChI is InChI=1S/C21H36N6O6.3Na/c1-4-7-10-13(16(28)29)22-19-25-20(23-14(17(30)31)11-8-5-2)27-21(26-19)24-15(18(32)33)12-9-6-3;;;/h13-15H,4-12H2,1-3H3,(H,28,29)(H,30,31)(H,32,33)(H3,22,23,24,25,26,27);;;/q;3*+1/p-3. The molecular weight excluding hydrogens is 501 g/mol. The maximum absolute atomic E-state index is 11.5. The molecule has 0 saturated carbocycles. The molecule has 15 heteroatoms. The first kappa shape index (κ1) is 40.3. The van der Waals surface area contributed by atoms with Crippen LogP contribution in [0.3, 0.4) is 0 Å². The Bertz CT molecular complexity index is 680. The number of nitrogens with zero attached hydrogens (tertiary/aromatic N) is 3. The van der Waals surface area contributed by atoms with Gasteiger partial charge >= 0.3 is 88.7 Å². The molecular formula is C21H33N6Na3O6. The number of carboxylic acids is 3. The van der Waals surface area contributed by atoms with Gasteiger partial charge in [-0.15, -0.1) is 0 Å². The third kappa shape index (κ3) is 15.9. The van der Waals surface area contributed by atoms with Crippen molar-refractivity contribution in [3.8, 4) is 0 Å². The van der Waals surface area contributed by atoms with E-state index < -0.39 is 36.0 Å². The number of carboxylic acid groups (broad SMARTS) is 3. The Kier molecular flexibility index (Phi) is 25.5. The first-order chi connectivity index (χ1) is 15.7. The molecule has 0 fully saturated rings. The molecule has 3 unspecified atom stereocenters. The quantitative estimate of drug-likeness (QED) is 0.151. The van der Waals surface area contributed by atoms with Crippen molar-refractivity contribution in [1.29, 1.82) is 0 Å². The summed E-state index contributed by atoms with van der Waals surface area (Å²) in [5.74, 6) is -4.54. The van der Waals surface area contributed by atoms with Crippen molar-refractivity contribution in [3.05, 3.63) is 0 Å². The van der Waals surface area contributed by atoms with Crippen molar-refractivity contribution in [2.75, 3.05) is 16.0 Å². The molecule has 1 rings (SSSR count). The van der Waals surface area contributed by atoms with Gasteiger partial charge in [-0.05, 0) is 19.3 Å². The Hall–Kier alpha value is -0.180. The first-order valence-electron chi connectivity index (χ1n) is 11.4. The minimum absolute atomic E-state index is 0. The van der Waals surface area contributed by atoms with Gasteiger partial charge in [0.2, 0.25) is 17.8 Å². The van der Waals surface area contributed by atoms with Crippen molar-refractivity contribution >= 4 is 35.8 Å². The topological polar surface area (TPSA) is 195 Å². The number of anilines is 3. The van der Waals surface area contributed by atoms with Gasteiger partial charge in [0.25, 0.3) is 0 Å². The molecule has 3 N–H and O–H groups in total. The summed E-state index contributed by atoms with van der Waals surface area (Å²) < 4.78 is 0. The fourth-order valence-electron chi connectivity index (χ4n) is 3.01. The number of hydrogen-bond donors (Lipinski definition) is 3. The van der Waals surface area contributed by atoms with Gasteiger partial charge in [-0.3, -0.25) is 0 Å². The van der Waals surface area contributed by atoms with Gasteiger partial charge in [0.05, 0.1) is 36.0 Å². The minimum atomic E-state index is -1.35. The van der Waals surface area contributed by atoms with E-state index in [4.69, 9.17) is 0 Å². The number of aliphatic carboxylic acids is 3. The molecule has 0 aliphatic carbocycles. The smallest absolute Gasteiger partial charge is 0.548 e. The Labute approximate surface area is 278 Å². The van der Waals surface area contributed by atoms with Crippen LogP contribution in [0.25, 0.3) is 0 Å². The second-order valence-electron chi connectivity index (χ2n) is 7.78. The number of nitrogens with one attached hydrogen (secondary N) is 3. The summed E-state index contributed by atoms with van der Waals surface area (Å²) in [6.07, 6.45) is 4.89. The molecule has 36 heavy (non-hydrogen) atoms. The molecule has 0 amide bonds. The minimum Gasteiger partial charge on any atom is -0.548 e. The van der Waals surface area contributed by atoms with E-state index in [0.717, 1.165) is 19.3 Å². The van der Waals surface area contributed by atoms with Gasteiger partial charge < -0.3 is 45.7 Å². The zero-order chi connectivity index (χ0) is 24.8. The number of unbranched alkanes of at least 4 members (excludes halogenated alkanes) is 3. The number of carbonyl (C=O) groups is 3. The van der Waals surface area contributed by atoms with Crippen molar-refractivity contribution in [2.24, 2.45) is 0 Å². The van der Waals surface area contributed by atoms with Crippen molar-refractivity contribution in [3.63, 3.8) is 0 Å². The van der Waals surface area contributed by atoms with Crippen LogP contribution < -0.4 is 120 Å². The molecule has 186 valence electrons. The van der Waals surface area contributed by atoms with E-state index in [1.165, 1.54) is 0 Å². The van der Waals surface area contributed by atoms with Crippen molar-refractivity contribution in [1.82, 2.24) is 15.0 Å². The van der Waals surface area contributed by atoms with Gasteiger partial charge in [-0.25, -0.2) is 0 Å². The predicted molar refractivity (Wildman–Crippen MR) is 116 cm³/mol. The van der Waals surface area contributed by atoms with E-state index >= 15 is 0 Å². The Balaban J connectivity index is -0.00000363. The Morgan fingerprint density at radius 2 is 0.806 bits per heavy atom. The third-order valence-electron chi connectivity index (χ3n) is 4.94. The number of rotatable bonds is 18. The molecule has 0 aromatic carbocycles. The molecule has 0 spiro atoms. The molecule has 1 heterocycles. The summed E-state index contributed by atoms with van der Waals surface area (Å²) in [7, 11) is 0. The normalized spacial score (nSPS) is 12.4. The first-order valence-corrected chi connectivity index (χ1v) is 11.4. The number of aromatic nitrogens is 3. The fraction of sp³-hybridized carbons (Fsp3) is 0.714. The van der Waals surface area contributed by atoms with Crippen LogP contribution >= 0.6 is 0 Å². The van der Waals surface area contributed by atoms with Gasteiger partial charge in [-0.1, -0.05) is 59.3 Å². The molecule has 3 atom stereocenters. The molecule has 12 nitrogen and oxygen atoms in total. The summed E-state index contributed by atoms with van der Waals surface area (Å²) in [6, 6.07) is -3.29. The number of carbonyl (C=O) groups excluding carboxylic acids is 3. The zero-order valence-electron chi connectivity index (χ0n) is 22.4. The summed E-state index contributed by atoms with van der Waals surface area (Å²) >= 11 is 0. The van der Waals surface area contributed by atoms with Crippen LogP contribution in [-0.2, 0) is 14.4 Å². The molecule has 0 bridgehead atoms. The average molecular weight is 535 g/mol. The van der Waals surface area contributed by atoms with E-state index in [2.05, 4.69) is 30.9 Å². The molecule has 1 aromatic heterocycles. The molecule has 0 aliphatic rings. The van der Waals surface area contributed by atoms with Gasteiger partial charge in [0.1, 0.15) is 0 Å². The molecule has 0 radical (unpaired) electrons. The monoisotopic (exact) mass is 534 g/mol. The fourth-order valence-corrected chi connectivity index (χ4v) is 3.01. The third-order valence-corrected chi connectivity index (χ3v) is 4.94. The van der Waals surface area contributed by atoms with Crippen LogP contribution in [0.4, 0.5) is 17.8 Å². The van der Waals surface area contributed by atoms with E-state index in [0.29, 0.717) is 19.3 Å². The Morgan fingerprint density at radius 3 is 0.972 bits per heavy atom. The van der Waals surface area contributed by atoms with Gasteiger partial charge in [0.15, 0.2) is 0 Å². The van der Waals surface area contributed by atoms with Crippen LogP contribution in [0, 0.1) is 0 Å². The molecule has 0 aliphatic heterocycles. The van der Waals surface area contributed by atoms with Gasteiger partial charge in [0, 0.05) is 0 Å². The van der Waals surface area contributed by atoms with Crippen LogP contribution in [0.5, 0.6) is 0 Å². The summed E-state index contributed by atoms with van der Waals surface area (Å²) in [4.78, 5) is 46.7. The second kappa shape index (κ2) is 22.8. The van der Waals surface area contributed by atoms with Crippen molar-refractivity contribution in [2.45, 2.75) is 96.7 Å². The summed E-state index contributed by atoms with van der Waals surface area (Å²) in [5.41, 5.74) is 0. The summed E-state index contributed by atoms with van der Waals surface area (Å²) in [5, 5.41) is 42.5. The molecule has 0 saturated heterocycles. The van der Waals surface area contributed by atoms with E-state index in [1.807, 2.05) is 20.8 Å². The average Bonchev–Trinajstić information content (AvgIpc) is 2.76.